The van der Waals surface area contributed by atoms with Crippen LogP contribution in [0, 0.1) is 0 Å². The van der Waals surface area contributed by atoms with Crippen molar-refractivity contribution >= 4 is 29.1 Å². The fourth-order valence-electron chi connectivity index (χ4n) is 1.16. The van der Waals surface area contributed by atoms with Crippen LogP contribution in [-0.2, 0) is 14.3 Å². The quantitative estimate of drug-likeness (QED) is 0.471. The van der Waals surface area contributed by atoms with Crippen molar-refractivity contribution in [2.45, 2.75) is 45.6 Å². The summed E-state index contributed by atoms with van der Waals surface area (Å²) in [5, 5.41) is 10.6. The summed E-state index contributed by atoms with van der Waals surface area (Å²) in [6, 6.07) is -1.19. The molecule has 0 radical (unpaired) electrons. The molecule has 0 unspecified atom stereocenters. The number of nitrogens with one attached hydrogen (secondary N) is 1. The second-order valence-electron chi connectivity index (χ2n) is 4.29. The Morgan fingerprint density at radius 2 is 1.67 bits per heavy atom. The molecule has 0 aliphatic rings. The molecule has 0 aromatic rings. The fraction of sp³-hybridized carbons (Fsp3) is 0.769. The van der Waals surface area contributed by atoms with Gasteiger partial charge in [-0.15, -0.1) is 0 Å². The average Bonchev–Trinajstić information content (AvgIpc) is 2.43. The Kier molecular flexibility index (Phi) is 11.5. The van der Waals surface area contributed by atoms with E-state index in [1.54, 1.807) is 0 Å². The zero-order valence-electron chi connectivity index (χ0n) is 12.4. The standard InChI is InChI=1S/C13H23NO6S/c1-3-5-7-19-12(17)14-10(11(15)16)9-21-13(18)20-8-6-4-2/h10H,3-9H2,1-2H3,(H,14,17)(H,15,16)/t10-/m0/s1. The molecule has 7 nitrogen and oxygen atoms in total. The lowest BCUT2D eigenvalue weighted by molar-refractivity contribution is -0.138. The van der Waals surface area contributed by atoms with Crippen LogP contribution in [0.15, 0.2) is 0 Å². The summed E-state index contributed by atoms with van der Waals surface area (Å²) in [5.74, 6) is -1.33. The second-order valence-corrected chi connectivity index (χ2v) is 5.24. The molecule has 0 heterocycles. The SMILES string of the molecule is CCCCOC(=O)N[C@@H](CSC(=O)OCCCC)C(=O)O. The van der Waals surface area contributed by atoms with Gasteiger partial charge in [-0.3, -0.25) is 0 Å². The summed E-state index contributed by atoms with van der Waals surface area (Å²) in [4.78, 5) is 33.7. The number of carbonyl (C=O) groups excluding carboxylic acids is 2. The van der Waals surface area contributed by atoms with Crippen molar-refractivity contribution in [3.05, 3.63) is 0 Å². The molecule has 0 aliphatic heterocycles. The van der Waals surface area contributed by atoms with E-state index in [0.717, 1.165) is 31.0 Å². The van der Waals surface area contributed by atoms with Gasteiger partial charge in [0.2, 0.25) is 0 Å². The highest BCUT2D eigenvalue weighted by Gasteiger charge is 2.22. The van der Waals surface area contributed by atoms with Crippen molar-refractivity contribution in [3.8, 4) is 0 Å². The number of alkyl carbamates (subject to hydrolysis) is 1. The highest BCUT2D eigenvalue weighted by Crippen LogP contribution is 2.09. The van der Waals surface area contributed by atoms with Crippen LogP contribution in [0.1, 0.15) is 39.5 Å². The minimum Gasteiger partial charge on any atom is -0.480 e. The summed E-state index contributed by atoms with van der Waals surface area (Å²) in [7, 11) is 0. The molecule has 0 aromatic carbocycles. The van der Waals surface area contributed by atoms with Crippen LogP contribution >= 0.6 is 11.8 Å². The third kappa shape index (κ3) is 10.9. The van der Waals surface area contributed by atoms with Crippen molar-refractivity contribution in [1.82, 2.24) is 5.32 Å². The van der Waals surface area contributed by atoms with Gasteiger partial charge >= 0.3 is 17.4 Å². The van der Waals surface area contributed by atoms with E-state index in [1.807, 2.05) is 13.8 Å². The Hall–Kier alpha value is -1.44. The minimum absolute atomic E-state index is 0.108. The summed E-state index contributed by atoms with van der Waals surface area (Å²) in [6.45, 7) is 4.46. The van der Waals surface area contributed by atoms with E-state index in [0.29, 0.717) is 13.0 Å². The number of ether oxygens (including phenoxy) is 2. The number of unbranched alkanes of at least 4 members (excludes halogenated alkanes) is 2. The van der Waals surface area contributed by atoms with Gasteiger partial charge in [-0.2, -0.15) is 0 Å². The van der Waals surface area contributed by atoms with E-state index >= 15 is 0 Å². The van der Waals surface area contributed by atoms with Crippen molar-refractivity contribution in [2.24, 2.45) is 0 Å². The van der Waals surface area contributed by atoms with Crippen LogP contribution in [-0.4, -0.2) is 47.5 Å². The molecule has 0 aromatic heterocycles. The summed E-state index contributed by atoms with van der Waals surface area (Å²) < 4.78 is 9.69. The van der Waals surface area contributed by atoms with Gasteiger partial charge in [0, 0.05) is 5.75 Å². The second kappa shape index (κ2) is 12.3. The van der Waals surface area contributed by atoms with Crippen LogP contribution in [0.4, 0.5) is 9.59 Å². The normalized spacial score (nSPS) is 11.5. The Bertz CT molecular complexity index is 337. The highest BCUT2D eigenvalue weighted by molar-refractivity contribution is 8.13. The average molecular weight is 321 g/mol. The number of hydrogen-bond donors (Lipinski definition) is 2. The van der Waals surface area contributed by atoms with Crippen LogP contribution in [0.5, 0.6) is 0 Å². The number of rotatable bonds is 10. The summed E-state index contributed by atoms with van der Waals surface area (Å²) >= 11 is 0.721. The van der Waals surface area contributed by atoms with E-state index in [4.69, 9.17) is 14.6 Å². The molecule has 0 aliphatic carbocycles. The minimum atomic E-state index is -1.23. The smallest absolute Gasteiger partial charge is 0.407 e. The van der Waals surface area contributed by atoms with Crippen LogP contribution in [0.2, 0.25) is 0 Å². The fourth-order valence-corrected chi connectivity index (χ4v) is 1.86. The van der Waals surface area contributed by atoms with Gasteiger partial charge in [-0.05, 0) is 24.6 Å². The molecule has 0 rings (SSSR count). The van der Waals surface area contributed by atoms with Gasteiger partial charge in [0.05, 0.1) is 13.2 Å². The Morgan fingerprint density at radius 1 is 1.10 bits per heavy atom. The monoisotopic (exact) mass is 321 g/mol. The Morgan fingerprint density at radius 3 is 2.19 bits per heavy atom. The van der Waals surface area contributed by atoms with Gasteiger partial charge in [-0.25, -0.2) is 14.4 Å². The number of thioether (sulfide) groups is 1. The molecule has 1 atom stereocenters. The lowest BCUT2D eigenvalue weighted by atomic mass is 10.3. The molecule has 1 amide bonds. The number of hydrogen-bond acceptors (Lipinski definition) is 6. The maximum atomic E-state index is 11.4. The lowest BCUT2D eigenvalue weighted by Crippen LogP contribution is -2.43. The van der Waals surface area contributed by atoms with Gasteiger partial charge in [0.25, 0.3) is 0 Å². The Balaban J connectivity index is 4.04. The molecule has 21 heavy (non-hydrogen) atoms. The zero-order chi connectivity index (χ0) is 16.1. The maximum Gasteiger partial charge on any atom is 0.407 e. The molecule has 0 saturated carbocycles. The van der Waals surface area contributed by atoms with Gasteiger partial charge < -0.3 is 19.9 Å². The number of aliphatic carboxylic acids is 1. The first-order valence-corrected chi connectivity index (χ1v) is 7.95. The van der Waals surface area contributed by atoms with E-state index in [2.05, 4.69) is 5.32 Å². The van der Waals surface area contributed by atoms with Crippen molar-refractivity contribution in [2.75, 3.05) is 19.0 Å². The predicted molar refractivity (Wildman–Crippen MR) is 79.5 cm³/mol. The predicted octanol–water partition coefficient (Wildman–Crippen LogP) is 2.64. The lowest BCUT2D eigenvalue weighted by Gasteiger charge is -2.13. The number of carbonyl (C=O) groups is 3. The topological polar surface area (TPSA) is 102 Å². The van der Waals surface area contributed by atoms with E-state index in [9.17, 15) is 14.4 Å². The molecule has 8 heteroatoms. The Labute approximate surface area is 128 Å². The van der Waals surface area contributed by atoms with Crippen LogP contribution in [0.25, 0.3) is 0 Å². The van der Waals surface area contributed by atoms with E-state index in [-0.39, 0.29) is 12.4 Å². The molecule has 0 fully saturated rings. The molecule has 0 spiro atoms. The first kappa shape index (κ1) is 19.6. The van der Waals surface area contributed by atoms with Crippen molar-refractivity contribution in [1.29, 1.82) is 0 Å². The van der Waals surface area contributed by atoms with Gasteiger partial charge in [-0.1, -0.05) is 26.7 Å². The van der Waals surface area contributed by atoms with Crippen LogP contribution in [0.3, 0.4) is 0 Å². The van der Waals surface area contributed by atoms with Crippen molar-refractivity contribution in [3.63, 3.8) is 0 Å². The molecule has 0 saturated heterocycles. The third-order valence-corrected chi connectivity index (χ3v) is 3.26. The molecular weight excluding hydrogens is 298 g/mol. The molecule has 122 valence electrons. The maximum absolute atomic E-state index is 11.4. The highest BCUT2D eigenvalue weighted by atomic mass is 32.2. The first-order chi connectivity index (χ1) is 10.0. The first-order valence-electron chi connectivity index (χ1n) is 6.96. The number of carboxylic acids is 1. The van der Waals surface area contributed by atoms with Crippen LogP contribution < -0.4 is 5.32 Å². The third-order valence-electron chi connectivity index (χ3n) is 2.41. The number of amides is 1. The summed E-state index contributed by atoms with van der Waals surface area (Å²) in [5.41, 5.74) is 0. The zero-order valence-corrected chi connectivity index (χ0v) is 13.2. The van der Waals surface area contributed by atoms with Crippen molar-refractivity contribution < 1.29 is 29.0 Å². The molecule has 0 bridgehead atoms. The summed E-state index contributed by atoms with van der Waals surface area (Å²) in [6.07, 6.45) is 2.45. The largest absolute Gasteiger partial charge is 0.480 e. The molecule has 2 N–H and O–H groups in total. The number of carboxylic acid groups (broad SMARTS) is 1. The van der Waals surface area contributed by atoms with Gasteiger partial charge in [0.15, 0.2) is 0 Å². The molecular formula is C13H23NO6S. The van der Waals surface area contributed by atoms with Gasteiger partial charge in [0.1, 0.15) is 6.04 Å². The van der Waals surface area contributed by atoms with E-state index < -0.39 is 23.4 Å². The van der Waals surface area contributed by atoms with E-state index in [1.165, 1.54) is 0 Å².